The van der Waals surface area contributed by atoms with Crippen LogP contribution in [0.3, 0.4) is 0 Å². The summed E-state index contributed by atoms with van der Waals surface area (Å²) in [5.41, 5.74) is 1.82. The molecule has 0 unspecified atom stereocenters. The number of ether oxygens (including phenoxy) is 1. The summed E-state index contributed by atoms with van der Waals surface area (Å²) in [7, 11) is 0. The van der Waals surface area contributed by atoms with Gasteiger partial charge in [-0.2, -0.15) is 13.2 Å². The van der Waals surface area contributed by atoms with E-state index in [-0.39, 0.29) is 23.2 Å². The molecule has 3 nitrogen and oxygen atoms in total. The lowest BCUT2D eigenvalue weighted by Crippen LogP contribution is -2.31. The lowest BCUT2D eigenvalue weighted by atomic mass is 9.90. The van der Waals surface area contributed by atoms with Crippen LogP contribution in [0.1, 0.15) is 34.6 Å². The zero-order valence-corrected chi connectivity index (χ0v) is 21.5. The number of hydrogen-bond acceptors (Lipinski definition) is 3. The first kappa shape index (κ1) is 27.6. The fourth-order valence-corrected chi connectivity index (χ4v) is 4.77. The second-order valence-electron chi connectivity index (χ2n) is 9.06. The van der Waals surface area contributed by atoms with Gasteiger partial charge in [0, 0.05) is 25.6 Å². The smallest absolute Gasteiger partial charge is 0.417 e. The summed E-state index contributed by atoms with van der Waals surface area (Å²) in [6.07, 6.45) is -3.93. The Labute approximate surface area is 226 Å². The third-order valence-electron chi connectivity index (χ3n) is 6.36. The summed E-state index contributed by atoms with van der Waals surface area (Å²) in [5.74, 6) is 0.459. The number of para-hydroxylation sites is 2. The summed E-state index contributed by atoms with van der Waals surface area (Å²) >= 11 is 6.27. The van der Waals surface area contributed by atoms with E-state index in [0.29, 0.717) is 37.4 Å². The van der Waals surface area contributed by atoms with Gasteiger partial charge in [0.2, 0.25) is 0 Å². The Morgan fingerprint density at radius 2 is 1.39 bits per heavy atom. The number of hydrogen-bond donors (Lipinski definition) is 1. The van der Waals surface area contributed by atoms with Gasteiger partial charge in [-0.05, 0) is 41.3 Å². The van der Waals surface area contributed by atoms with E-state index in [9.17, 15) is 18.3 Å². The molecule has 0 radical (unpaired) electrons. The molecule has 1 N–H and O–H groups in total. The molecule has 0 aromatic heterocycles. The van der Waals surface area contributed by atoms with Crippen molar-refractivity contribution in [1.29, 1.82) is 0 Å². The number of rotatable bonds is 11. The zero-order chi connectivity index (χ0) is 27.0. The van der Waals surface area contributed by atoms with Crippen LogP contribution in [0.2, 0.25) is 5.02 Å². The third-order valence-corrected chi connectivity index (χ3v) is 6.81. The van der Waals surface area contributed by atoms with Crippen LogP contribution in [0.15, 0.2) is 103 Å². The number of aromatic hydroxyl groups is 1. The van der Waals surface area contributed by atoms with E-state index in [0.717, 1.165) is 17.2 Å². The van der Waals surface area contributed by atoms with E-state index in [1.54, 1.807) is 30.3 Å². The average Bonchev–Trinajstić information content (AvgIpc) is 2.91. The molecular formula is C31H29ClF3NO2. The highest BCUT2D eigenvalue weighted by molar-refractivity contribution is 6.32. The van der Waals surface area contributed by atoms with Crippen molar-refractivity contribution >= 4 is 11.6 Å². The molecule has 38 heavy (non-hydrogen) atoms. The van der Waals surface area contributed by atoms with Crippen molar-refractivity contribution in [2.24, 2.45) is 0 Å². The Kier molecular flexibility index (Phi) is 9.32. The summed E-state index contributed by atoms with van der Waals surface area (Å²) in [6, 6.07) is 30.9. The predicted octanol–water partition coefficient (Wildman–Crippen LogP) is 8.17. The summed E-state index contributed by atoms with van der Waals surface area (Å²) in [5, 5.41) is 9.69. The predicted molar refractivity (Wildman–Crippen MR) is 145 cm³/mol. The number of halogens is 4. The number of phenols is 1. The second kappa shape index (κ2) is 12.9. The first-order valence-corrected chi connectivity index (χ1v) is 12.8. The Balaban J connectivity index is 1.58. The van der Waals surface area contributed by atoms with E-state index < -0.39 is 11.7 Å². The highest BCUT2D eigenvalue weighted by Gasteiger charge is 2.34. The standard InChI is InChI=1S/C31H29ClF3NO2/c32-30-25(15-9-16-27(30)31(33,34)35)21-36(19-10-20-38-29-18-8-7-17-28(29)37)22-26(23-11-3-1-4-12-23)24-13-5-2-6-14-24/h1-9,11-18,26,37H,10,19-22H2. The van der Waals surface area contributed by atoms with Crippen molar-refractivity contribution in [3.63, 3.8) is 0 Å². The maximum Gasteiger partial charge on any atom is 0.417 e. The van der Waals surface area contributed by atoms with Crippen molar-refractivity contribution in [3.05, 3.63) is 130 Å². The number of nitrogens with zero attached hydrogens (tertiary/aromatic N) is 1. The largest absolute Gasteiger partial charge is 0.504 e. The molecule has 0 aliphatic rings. The molecule has 4 aromatic rings. The van der Waals surface area contributed by atoms with Crippen molar-refractivity contribution in [1.82, 2.24) is 4.90 Å². The molecule has 7 heteroatoms. The maximum atomic E-state index is 13.5. The molecule has 0 fully saturated rings. The van der Waals surface area contributed by atoms with Gasteiger partial charge in [-0.15, -0.1) is 0 Å². The van der Waals surface area contributed by atoms with Crippen molar-refractivity contribution in [3.8, 4) is 11.5 Å². The van der Waals surface area contributed by atoms with Gasteiger partial charge in [0.25, 0.3) is 0 Å². The van der Waals surface area contributed by atoms with E-state index in [1.807, 2.05) is 36.4 Å². The van der Waals surface area contributed by atoms with Gasteiger partial charge in [-0.1, -0.05) is 96.5 Å². The quantitative estimate of drug-likeness (QED) is 0.195. The van der Waals surface area contributed by atoms with Crippen LogP contribution in [0.25, 0.3) is 0 Å². The molecule has 4 rings (SSSR count). The van der Waals surface area contributed by atoms with Crippen LogP contribution < -0.4 is 4.74 Å². The molecule has 0 saturated carbocycles. The lowest BCUT2D eigenvalue weighted by molar-refractivity contribution is -0.137. The summed E-state index contributed by atoms with van der Waals surface area (Å²) < 4.78 is 46.3. The lowest BCUT2D eigenvalue weighted by Gasteiger charge is -2.29. The number of phenolic OH excluding ortho intramolecular Hbond substituents is 1. The molecule has 0 aliphatic heterocycles. The summed E-state index contributed by atoms with van der Waals surface area (Å²) in [4.78, 5) is 2.11. The third kappa shape index (κ3) is 7.30. The molecule has 198 valence electrons. The van der Waals surface area contributed by atoms with Crippen molar-refractivity contribution < 1.29 is 23.0 Å². The normalized spacial score (nSPS) is 11.7. The molecule has 0 aliphatic carbocycles. The molecule has 4 aromatic carbocycles. The summed E-state index contributed by atoms with van der Waals surface area (Å²) in [6.45, 7) is 1.70. The van der Waals surface area contributed by atoms with Gasteiger partial charge in [0.15, 0.2) is 11.5 Å². The molecule has 0 atom stereocenters. The SMILES string of the molecule is Oc1ccccc1OCCCN(Cc1cccc(C(F)(F)F)c1Cl)CC(c1ccccc1)c1ccccc1. The van der Waals surface area contributed by atoms with Gasteiger partial charge >= 0.3 is 6.18 Å². The van der Waals surface area contributed by atoms with Crippen LogP contribution in [-0.2, 0) is 12.7 Å². The van der Waals surface area contributed by atoms with E-state index in [1.165, 1.54) is 6.07 Å². The highest BCUT2D eigenvalue weighted by Crippen LogP contribution is 2.37. The molecule has 0 bridgehead atoms. The zero-order valence-electron chi connectivity index (χ0n) is 20.7. The Bertz CT molecular complexity index is 1260. The minimum absolute atomic E-state index is 0.000982. The topological polar surface area (TPSA) is 32.7 Å². The maximum absolute atomic E-state index is 13.5. The van der Waals surface area contributed by atoms with Gasteiger partial charge in [0.1, 0.15) is 0 Å². The van der Waals surface area contributed by atoms with Crippen LogP contribution >= 0.6 is 11.6 Å². The van der Waals surface area contributed by atoms with E-state index in [2.05, 4.69) is 29.2 Å². The minimum atomic E-state index is -4.53. The van der Waals surface area contributed by atoms with Crippen LogP contribution in [-0.4, -0.2) is 29.7 Å². The van der Waals surface area contributed by atoms with Crippen LogP contribution in [0.4, 0.5) is 13.2 Å². The van der Waals surface area contributed by atoms with Crippen molar-refractivity contribution in [2.75, 3.05) is 19.7 Å². The number of benzene rings is 4. The van der Waals surface area contributed by atoms with Gasteiger partial charge in [-0.3, -0.25) is 4.90 Å². The molecule has 0 saturated heterocycles. The Morgan fingerprint density at radius 1 is 0.789 bits per heavy atom. The molecule has 0 spiro atoms. The van der Waals surface area contributed by atoms with Gasteiger partial charge in [-0.25, -0.2) is 0 Å². The van der Waals surface area contributed by atoms with E-state index in [4.69, 9.17) is 16.3 Å². The first-order valence-electron chi connectivity index (χ1n) is 12.4. The van der Waals surface area contributed by atoms with Crippen LogP contribution in [0.5, 0.6) is 11.5 Å². The molecule has 0 amide bonds. The monoisotopic (exact) mass is 539 g/mol. The highest BCUT2D eigenvalue weighted by atomic mass is 35.5. The fraction of sp³-hybridized carbons (Fsp3) is 0.226. The van der Waals surface area contributed by atoms with Crippen molar-refractivity contribution in [2.45, 2.75) is 25.1 Å². The average molecular weight is 540 g/mol. The number of alkyl halides is 3. The van der Waals surface area contributed by atoms with Crippen LogP contribution in [0, 0.1) is 0 Å². The Morgan fingerprint density at radius 3 is 2.00 bits per heavy atom. The molecule has 0 heterocycles. The van der Waals surface area contributed by atoms with E-state index >= 15 is 0 Å². The first-order chi connectivity index (χ1) is 18.3. The van der Waals surface area contributed by atoms with Gasteiger partial charge in [0.05, 0.1) is 17.2 Å². The fourth-order valence-electron chi connectivity index (χ4n) is 4.48. The Hall–Kier alpha value is -3.48. The molecular weight excluding hydrogens is 511 g/mol. The second-order valence-corrected chi connectivity index (χ2v) is 9.43. The van der Waals surface area contributed by atoms with Gasteiger partial charge < -0.3 is 9.84 Å². The minimum Gasteiger partial charge on any atom is -0.504 e.